The molecule has 0 bridgehead atoms. The Kier molecular flexibility index (Phi) is 5.01. The van der Waals surface area contributed by atoms with E-state index in [0.717, 1.165) is 49.2 Å². The molecule has 0 aromatic heterocycles. The fourth-order valence-corrected chi connectivity index (χ4v) is 2.83. The van der Waals surface area contributed by atoms with E-state index in [1.54, 1.807) is 0 Å². The molecule has 1 heterocycles. The first-order chi connectivity index (χ1) is 9.67. The fourth-order valence-electron chi connectivity index (χ4n) is 2.83. The van der Waals surface area contributed by atoms with Crippen LogP contribution in [0.1, 0.15) is 42.1 Å². The summed E-state index contributed by atoms with van der Waals surface area (Å²) in [7, 11) is 0. The number of nitrogens with one attached hydrogen (secondary N) is 1. The lowest BCUT2D eigenvalue weighted by Gasteiger charge is -2.35. The molecular weight excluding hydrogens is 252 g/mol. The van der Waals surface area contributed by atoms with Crippen molar-refractivity contribution in [3.05, 3.63) is 29.3 Å². The van der Waals surface area contributed by atoms with E-state index in [1.807, 2.05) is 36.9 Å². The second-order valence-corrected chi connectivity index (χ2v) is 5.39. The van der Waals surface area contributed by atoms with Crippen LogP contribution in [0.2, 0.25) is 0 Å². The predicted molar refractivity (Wildman–Crippen MR) is 81.1 cm³/mol. The number of aliphatic hydroxyl groups excluding tert-OH is 1. The van der Waals surface area contributed by atoms with E-state index in [-0.39, 0.29) is 18.6 Å². The minimum Gasteiger partial charge on any atom is -0.394 e. The molecular formula is C16H24N2O2. The Morgan fingerprint density at radius 3 is 2.90 bits per heavy atom. The van der Waals surface area contributed by atoms with Crippen LogP contribution in [0.3, 0.4) is 0 Å². The smallest absolute Gasteiger partial charge is 0.254 e. The quantitative estimate of drug-likeness (QED) is 0.888. The van der Waals surface area contributed by atoms with Gasteiger partial charge in [-0.25, -0.2) is 0 Å². The van der Waals surface area contributed by atoms with Crippen molar-refractivity contribution in [2.24, 2.45) is 0 Å². The molecule has 1 amide bonds. The van der Waals surface area contributed by atoms with E-state index in [9.17, 15) is 9.90 Å². The molecule has 0 radical (unpaired) electrons. The first-order valence-electron chi connectivity index (χ1n) is 7.43. The van der Waals surface area contributed by atoms with Gasteiger partial charge in [-0.2, -0.15) is 0 Å². The summed E-state index contributed by atoms with van der Waals surface area (Å²) >= 11 is 0. The molecule has 1 unspecified atom stereocenters. The molecule has 0 aliphatic carbocycles. The Morgan fingerprint density at radius 2 is 2.25 bits per heavy atom. The molecule has 2 N–H and O–H groups in total. The van der Waals surface area contributed by atoms with Gasteiger partial charge in [0.05, 0.1) is 12.6 Å². The molecule has 110 valence electrons. The summed E-state index contributed by atoms with van der Waals surface area (Å²) in [5.74, 6) is 0.0456. The van der Waals surface area contributed by atoms with Gasteiger partial charge in [-0.1, -0.05) is 0 Å². The summed E-state index contributed by atoms with van der Waals surface area (Å²) in [5, 5.41) is 12.7. The van der Waals surface area contributed by atoms with Gasteiger partial charge in [0.15, 0.2) is 0 Å². The van der Waals surface area contributed by atoms with Gasteiger partial charge in [-0.15, -0.1) is 0 Å². The molecule has 1 atom stereocenters. The molecule has 1 aromatic rings. The molecule has 2 rings (SSSR count). The predicted octanol–water partition coefficient (Wildman–Crippen LogP) is 2.41. The molecule has 1 fully saturated rings. The maximum Gasteiger partial charge on any atom is 0.254 e. The lowest BCUT2D eigenvalue weighted by atomic mass is 9.99. The van der Waals surface area contributed by atoms with Gasteiger partial charge in [0.2, 0.25) is 0 Å². The Morgan fingerprint density at radius 1 is 1.45 bits per heavy atom. The molecule has 1 aliphatic rings. The van der Waals surface area contributed by atoms with Crippen LogP contribution in [-0.2, 0) is 0 Å². The zero-order valence-corrected chi connectivity index (χ0v) is 12.4. The van der Waals surface area contributed by atoms with E-state index >= 15 is 0 Å². The van der Waals surface area contributed by atoms with Gasteiger partial charge < -0.3 is 15.3 Å². The lowest BCUT2D eigenvalue weighted by Crippen LogP contribution is -2.45. The van der Waals surface area contributed by atoms with Crippen LogP contribution in [0.15, 0.2) is 18.2 Å². The number of aryl methyl sites for hydroxylation is 1. The van der Waals surface area contributed by atoms with Gasteiger partial charge in [-0.3, -0.25) is 4.79 Å². The molecule has 4 nitrogen and oxygen atoms in total. The van der Waals surface area contributed by atoms with E-state index in [2.05, 4.69) is 5.32 Å². The highest BCUT2D eigenvalue weighted by Crippen LogP contribution is 2.22. The van der Waals surface area contributed by atoms with Gasteiger partial charge in [-0.05, 0) is 56.9 Å². The molecule has 4 heteroatoms. The van der Waals surface area contributed by atoms with Crippen molar-refractivity contribution in [2.45, 2.75) is 39.2 Å². The van der Waals surface area contributed by atoms with E-state index in [1.165, 1.54) is 0 Å². The van der Waals surface area contributed by atoms with Crippen molar-refractivity contribution in [1.82, 2.24) is 4.90 Å². The van der Waals surface area contributed by atoms with Crippen molar-refractivity contribution in [3.8, 4) is 0 Å². The van der Waals surface area contributed by atoms with Gasteiger partial charge in [0, 0.05) is 24.3 Å². The number of amides is 1. The Labute approximate surface area is 120 Å². The van der Waals surface area contributed by atoms with Crippen LogP contribution in [0.25, 0.3) is 0 Å². The summed E-state index contributed by atoms with van der Waals surface area (Å²) in [6.07, 6.45) is 3.01. The lowest BCUT2D eigenvalue weighted by molar-refractivity contribution is 0.0502. The fraction of sp³-hybridized carbons (Fsp3) is 0.562. The molecule has 1 aliphatic heterocycles. The normalized spacial score (nSPS) is 18.9. The summed E-state index contributed by atoms with van der Waals surface area (Å²) in [6.45, 7) is 5.68. The maximum absolute atomic E-state index is 12.7. The number of hydrogen-bond donors (Lipinski definition) is 2. The Hall–Kier alpha value is -1.55. The standard InChI is InChI=1S/C16H24N2O2/c1-3-17-13-7-8-15(12(2)10-13)16(20)18-9-5-4-6-14(18)11-19/h7-8,10,14,17,19H,3-6,9,11H2,1-2H3. The second kappa shape index (κ2) is 6.75. The average molecular weight is 276 g/mol. The molecule has 0 saturated carbocycles. The largest absolute Gasteiger partial charge is 0.394 e. The minimum absolute atomic E-state index is 0.0240. The van der Waals surface area contributed by atoms with E-state index in [4.69, 9.17) is 0 Å². The van der Waals surface area contributed by atoms with Gasteiger partial charge >= 0.3 is 0 Å². The van der Waals surface area contributed by atoms with Crippen LogP contribution in [0.5, 0.6) is 0 Å². The summed E-state index contributed by atoms with van der Waals surface area (Å²) in [5.41, 5.74) is 2.77. The average Bonchev–Trinajstić information content (AvgIpc) is 2.47. The number of nitrogens with zero attached hydrogens (tertiary/aromatic N) is 1. The van der Waals surface area contributed by atoms with Crippen LogP contribution in [-0.4, -0.2) is 41.7 Å². The highest BCUT2D eigenvalue weighted by Gasteiger charge is 2.27. The number of piperidine rings is 1. The summed E-state index contributed by atoms with van der Waals surface area (Å²) in [6, 6.07) is 5.82. The second-order valence-electron chi connectivity index (χ2n) is 5.39. The Balaban J connectivity index is 2.19. The number of hydrogen-bond acceptors (Lipinski definition) is 3. The number of rotatable bonds is 4. The number of anilines is 1. The van der Waals surface area contributed by atoms with Crippen molar-refractivity contribution in [3.63, 3.8) is 0 Å². The van der Waals surface area contributed by atoms with Gasteiger partial charge in [0.25, 0.3) is 5.91 Å². The van der Waals surface area contributed by atoms with Crippen molar-refractivity contribution < 1.29 is 9.90 Å². The number of aliphatic hydroxyl groups is 1. The zero-order valence-electron chi connectivity index (χ0n) is 12.4. The molecule has 1 aromatic carbocycles. The molecule has 20 heavy (non-hydrogen) atoms. The third kappa shape index (κ3) is 3.12. The number of carbonyl (C=O) groups is 1. The highest BCUT2D eigenvalue weighted by atomic mass is 16.3. The van der Waals surface area contributed by atoms with Crippen LogP contribution < -0.4 is 5.32 Å². The summed E-state index contributed by atoms with van der Waals surface area (Å²) in [4.78, 5) is 14.5. The monoisotopic (exact) mass is 276 g/mol. The zero-order chi connectivity index (χ0) is 14.5. The Bertz CT molecular complexity index is 474. The minimum atomic E-state index is -0.0240. The summed E-state index contributed by atoms with van der Waals surface area (Å²) < 4.78 is 0. The SMILES string of the molecule is CCNc1ccc(C(=O)N2CCCCC2CO)c(C)c1. The van der Waals surface area contributed by atoms with Crippen molar-refractivity contribution >= 4 is 11.6 Å². The third-order valence-corrected chi connectivity index (χ3v) is 3.94. The number of carbonyl (C=O) groups excluding carboxylic acids is 1. The number of benzene rings is 1. The molecule has 0 spiro atoms. The topological polar surface area (TPSA) is 52.6 Å². The van der Waals surface area contributed by atoms with Crippen LogP contribution in [0.4, 0.5) is 5.69 Å². The highest BCUT2D eigenvalue weighted by molar-refractivity contribution is 5.96. The first-order valence-corrected chi connectivity index (χ1v) is 7.43. The number of likely N-dealkylation sites (tertiary alicyclic amines) is 1. The van der Waals surface area contributed by atoms with E-state index < -0.39 is 0 Å². The first kappa shape index (κ1) is 14.9. The third-order valence-electron chi connectivity index (χ3n) is 3.94. The van der Waals surface area contributed by atoms with E-state index in [0.29, 0.717) is 0 Å². The molecule has 1 saturated heterocycles. The van der Waals surface area contributed by atoms with Crippen molar-refractivity contribution in [1.29, 1.82) is 0 Å². The van der Waals surface area contributed by atoms with Crippen LogP contribution >= 0.6 is 0 Å². The van der Waals surface area contributed by atoms with Gasteiger partial charge in [0.1, 0.15) is 0 Å². The van der Waals surface area contributed by atoms with Crippen LogP contribution in [0, 0.1) is 6.92 Å². The maximum atomic E-state index is 12.7. The van der Waals surface area contributed by atoms with Crippen molar-refractivity contribution in [2.75, 3.05) is 25.0 Å².